The van der Waals surface area contributed by atoms with Crippen LogP contribution >= 0.6 is 0 Å². The van der Waals surface area contributed by atoms with Gasteiger partial charge in [0.2, 0.25) is 6.23 Å². The fraction of sp³-hybridized carbons (Fsp3) is 0.143. The number of hydrogen-bond donors (Lipinski definition) is 0. The molecule has 2 aliphatic heterocycles. The Morgan fingerprint density at radius 1 is 1.00 bits per heavy atom. The van der Waals surface area contributed by atoms with Crippen LogP contribution in [0.2, 0.25) is 0 Å². The van der Waals surface area contributed by atoms with Crippen molar-refractivity contribution in [2.24, 2.45) is 5.10 Å². The molecular weight excluding hydrogens is 329 g/mol. The Bertz CT molecular complexity index is 972. The Balaban J connectivity index is 1.60. The Morgan fingerprint density at radius 3 is 2.65 bits per heavy atom. The van der Waals surface area contributed by atoms with Crippen LogP contribution in [0.1, 0.15) is 35.4 Å². The van der Waals surface area contributed by atoms with Crippen molar-refractivity contribution in [2.75, 3.05) is 0 Å². The summed E-state index contributed by atoms with van der Waals surface area (Å²) in [6.07, 6.45) is 3.98. The molecule has 2 aromatic carbocycles. The molecule has 0 N–H and O–H groups in total. The Hall–Kier alpha value is -3.21. The molecule has 2 aliphatic rings. The highest BCUT2D eigenvalue weighted by atomic mass is 19.1. The quantitative estimate of drug-likeness (QED) is 0.688. The lowest BCUT2D eigenvalue weighted by Crippen LogP contribution is -2.33. The van der Waals surface area contributed by atoms with Gasteiger partial charge in [-0.1, -0.05) is 36.4 Å². The first-order valence-corrected chi connectivity index (χ1v) is 8.57. The molecule has 5 rings (SSSR count). The molecule has 0 saturated heterocycles. The Kier molecular flexibility index (Phi) is 3.45. The molecule has 1 aromatic heterocycles. The third-order valence-electron chi connectivity index (χ3n) is 4.85. The van der Waals surface area contributed by atoms with Gasteiger partial charge in [-0.05, 0) is 24.3 Å². The number of nitrogens with zero attached hydrogens (tertiary/aromatic N) is 3. The lowest BCUT2D eigenvalue weighted by Gasteiger charge is -2.38. The van der Waals surface area contributed by atoms with Crippen molar-refractivity contribution in [3.63, 3.8) is 0 Å². The van der Waals surface area contributed by atoms with Crippen molar-refractivity contribution in [3.05, 3.63) is 95.6 Å². The molecule has 3 heterocycles. The minimum Gasteiger partial charge on any atom is -0.464 e. The van der Waals surface area contributed by atoms with Crippen LogP contribution in [0.15, 0.2) is 78.2 Å². The van der Waals surface area contributed by atoms with Gasteiger partial charge < -0.3 is 4.74 Å². The molecule has 0 radical (unpaired) electrons. The van der Waals surface area contributed by atoms with Gasteiger partial charge in [0.05, 0.1) is 11.8 Å². The van der Waals surface area contributed by atoms with Gasteiger partial charge in [-0.15, -0.1) is 0 Å². The standard InChI is InChI=1S/C21H16FN3O/c22-16-9-7-14(8-10-16)21-25-19(17-5-1-2-6-20(17)26-21)12-18(24-25)15-4-3-11-23-13-15/h1-11,13,19,21H,12H2/t19-,21+/m0/s1. The number of benzene rings is 2. The highest BCUT2D eigenvalue weighted by Gasteiger charge is 2.40. The fourth-order valence-electron chi connectivity index (χ4n) is 3.59. The smallest absolute Gasteiger partial charge is 0.213 e. The van der Waals surface area contributed by atoms with Crippen molar-refractivity contribution < 1.29 is 9.13 Å². The van der Waals surface area contributed by atoms with E-state index in [0.29, 0.717) is 0 Å². The molecular formula is C21H16FN3O. The monoisotopic (exact) mass is 345 g/mol. The number of para-hydroxylation sites is 1. The van der Waals surface area contributed by atoms with Crippen LogP contribution in [-0.4, -0.2) is 15.7 Å². The third kappa shape index (κ3) is 2.44. The Labute approximate surface area is 150 Å². The van der Waals surface area contributed by atoms with Crippen molar-refractivity contribution in [2.45, 2.75) is 18.7 Å². The van der Waals surface area contributed by atoms with Crippen molar-refractivity contribution >= 4 is 5.71 Å². The molecule has 0 amide bonds. The SMILES string of the molecule is Fc1ccc([C@H]2Oc3ccccc3[C@@H]3CC(c4cccnc4)=NN23)cc1. The number of aromatic nitrogens is 1. The lowest BCUT2D eigenvalue weighted by atomic mass is 9.96. The molecule has 0 saturated carbocycles. The maximum Gasteiger partial charge on any atom is 0.213 e. The molecule has 4 nitrogen and oxygen atoms in total. The van der Waals surface area contributed by atoms with Crippen LogP contribution in [0, 0.1) is 5.82 Å². The van der Waals surface area contributed by atoms with Gasteiger partial charge in [0.1, 0.15) is 11.6 Å². The predicted octanol–water partition coefficient (Wildman–Crippen LogP) is 4.46. The molecule has 0 unspecified atom stereocenters. The van der Waals surface area contributed by atoms with Gasteiger partial charge in [0, 0.05) is 35.5 Å². The van der Waals surface area contributed by atoms with E-state index in [2.05, 4.69) is 11.1 Å². The predicted molar refractivity (Wildman–Crippen MR) is 96.2 cm³/mol. The first-order chi connectivity index (χ1) is 12.8. The van der Waals surface area contributed by atoms with E-state index in [9.17, 15) is 4.39 Å². The average molecular weight is 345 g/mol. The minimum absolute atomic E-state index is 0.0882. The summed E-state index contributed by atoms with van der Waals surface area (Å²) < 4.78 is 19.6. The zero-order valence-electron chi connectivity index (χ0n) is 13.9. The van der Waals surface area contributed by atoms with Crippen molar-refractivity contribution in [1.29, 1.82) is 0 Å². The molecule has 0 fully saturated rings. The van der Waals surface area contributed by atoms with E-state index in [1.807, 2.05) is 41.5 Å². The summed E-state index contributed by atoms with van der Waals surface area (Å²) in [6.45, 7) is 0. The second-order valence-corrected chi connectivity index (χ2v) is 6.45. The number of rotatable bonds is 2. The average Bonchev–Trinajstić information content (AvgIpc) is 3.14. The number of ether oxygens (including phenoxy) is 1. The van der Waals surface area contributed by atoms with Crippen LogP contribution in [0.4, 0.5) is 4.39 Å². The summed E-state index contributed by atoms with van der Waals surface area (Å²) in [5.74, 6) is 0.591. The highest BCUT2D eigenvalue weighted by molar-refractivity contribution is 6.01. The van der Waals surface area contributed by atoms with E-state index in [-0.39, 0.29) is 18.1 Å². The van der Waals surface area contributed by atoms with E-state index in [1.54, 1.807) is 18.3 Å². The normalized spacial score (nSPS) is 20.8. The van der Waals surface area contributed by atoms with Crippen LogP contribution < -0.4 is 4.74 Å². The zero-order valence-corrected chi connectivity index (χ0v) is 13.9. The third-order valence-corrected chi connectivity index (χ3v) is 4.85. The molecule has 0 bridgehead atoms. The van der Waals surface area contributed by atoms with Crippen LogP contribution in [-0.2, 0) is 0 Å². The lowest BCUT2D eigenvalue weighted by molar-refractivity contribution is -0.0190. The van der Waals surface area contributed by atoms with E-state index < -0.39 is 0 Å². The van der Waals surface area contributed by atoms with Gasteiger partial charge in [-0.25, -0.2) is 9.40 Å². The molecule has 3 aromatic rings. The van der Waals surface area contributed by atoms with E-state index >= 15 is 0 Å². The summed E-state index contributed by atoms with van der Waals surface area (Å²) in [6, 6.07) is 18.5. The number of fused-ring (bicyclic) bond motifs is 3. The van der Waals surface area contributed by atoms with Gasteiger partial charge in [-0.3, -0.25) is 4.98 Å². The van der Waals surface area contributed by atoms with Crippen molar-refractivity contribution in [3.8, 4) is 5.75 Å². The van der Waals surface area contributed by atoms with Crippen molar-refractivity contribution in [1.82, 2.24) is 9.99 Å². The summed E-state index contributed by atoms with van der Waals surface area (Å²) in [7, 11) is 0. The van der Waals surface area contributed by atoms with Crippen LogP contribution in [0.25, 0.3) is 0 Å². The van der Waals surface area contributed by atoms with Crippen LogP contribution in [0.3, 0.4) is 0 Å². The summed E-state index contributed by atoms with van der Waals surface area (Å²) >= 11 is 0. The summed E-state index contributed by atoms with van der Waals surface area (Å²) in [4.78, 5) is 4.21. The van der Waals surface area contributed by atoms with Crippen LogP contribution in [0.5, 0.6) is 5.75 Å². The fourth-order valence-corrected chi connectivity index (χ4v) is 3.59. The summed E-state index contributed by atoms with van der Waals surface area (Å²) in [5, 5.41) is 6.83. The Morgan fingerprint density at radius 2 is 1.85 bits per heavy atom. The first kappa shape index (κ1) is 15.1. The van der Waals surface area contributed by atoms with Gasteiger partial charge in [-0.2, -0.15) is 5.10 Å². The highest BCUT2D eigenvalue weighted by Crippen LogP contribution is 2.47. The number of halogens is 1. The maximum atomic E-state index is 13.4. The first-order valence-electron chi connectivity index (χ1n) is 8.57. The molecule has 26 heavy (non-hydrogen) atoms. The molecule has 5 heteroatoms. The molecule has 128 valence electrons. The number of hydrogen-bond acceptors (Lipinski definition) is 4. The zero-order chi connectivity index (χ0) is 17.5. The largest absolute Gasteiger partial charge is 0.464 e. The molecule has 2 atom stereocenters. The molecule has 0 spiro atoms. The molecule has 0 aliphatic carbocycles. The van der Waals surface area contributed by atoms with Gasteiger partial charge >= 0.3 is 0 Å². The topological polar surface area (TPSA) is 37.7 Å². The van der Waals surface area contributed by atoms with E-state index in [1.165, 1.54) is 12.1 Å². The summed E-state index contributed by atoms with van der Waals surface area (Å²) in [5.41, 5.74) is 3.99. The number of pyridine rings is 1. The van der Waals surface area contributed by atoms with Gasteiger partial charge in [0.15, 0.2) is 0 Å². The number of hydrazone groups is 1. The van der Waals surface area contributed by atoms with Gasteiger partial charge in [0.25, 0.3) is 0 Å². The van der Waals surface area contributed by atoms with E-state index in [4.69, 9.17) is 9.84 Å². The maximum absolute atomic E-state index is 13.4. The minimum atomic E-state index is -0.385. The second kappa shape index (κ2) is 5.95. The second-order valence-electron chi connectivity index (χ2n) is 6.45. The van der Waals surface area contributed by atoms with E-state index in [0.717, 1.165) is 34.6 Å².